The number of halogens is 3. The number of aliphatic hydroxyl groups excluding tert-OH is 1. The largest absolute Gasteiger partial charge is 0.480 e. The van der Waals surface area contributed by atoms with Crippen molar-refractivity contribution in [2.45, 2.75) is 38.2 Å². The Morgan fingerprint density at radius 1 is 1.08 bits per heavy atom. The number of benzene rings is 2. The number of anilines is 1. The molecule has 1 unspecified atom stereocenters. The van der Waals surface area contributed by atoms with Crippen LogP contribution in [0.4, 0.5) is 19.0 Å². The van der Waals surface area contributed by atoms with Gasteiger partial charge in [-0.3, -0.25) is 19.2 Å². The van der Waals surface area contributed by atoms with Crippen LogP contribution in [0.15, 0.2) is 73.2 Å². The number of pyridine rings is 2. The number of hydrogen-bond acceptors (Lipinski definition) is 10. The SMILES string of the molecule is COC(=O)CN(C)Cc1nc(C(F)(F)F)c(NC2CCc3c(-c4cccc5c4ccn5-c4nccc5cc(CO)cnc45)cccc32)nc1OC. The summed E-state index contributed by atoms with van der Waals surface area (Å²) in [5.41, 5.74) is 4.99. The van der Waals surface area contributed by atoms with Crippen molar-refractivity contribution in [1.29, 1.82) is 0 Å². The summed E-state index contributed by atoms with van der Waals surface area (Å²) >= 11 is 0. The van der Waals surface area contributed by atoms with Crippen LogP contribution in [0.3, 0.4) is 0 Å². The van der Waals surface area contributed by atoms with E-state index in [-0.39, 0.29) is 31.3 Å². The summed E-state index contributed by atoms with van der Waals surface area (Å²) in [5, 5.41) is 14.5. The van der Waals surface area contributed by atoms with Gasteiger partial charge < -0.3 is 19.9 Å². The fourth-order valence-corrected chi connectivity index (χ4v) is 6.78. The number of hydrogen-bond donors (Lipinski definition) is 2. The smallest absolute Gasteiger partial charge is 0.437 e. The van der Waals surface area contributed by atoms with E-state index in [0.29, 0.717) is 29.7 Å². The molecule has 1 aliphatic carbocycles. The molecular weight excluding hydrogens is 663 g/mol. The molecule has 0 bridgehead atoms. The first kappa shape index (κ1) is 33.9. The number of carbonyl (C=O) groups excluding carboxylic acids is 1. The number of esters is 1. The number of alkyl halides is 3. The first-order valence-corrected chi connectivity index (χ1v) is 16.2. The number of rotatable bonds is 10. The fourth-order valence-electron chi connectivity index (χ4n) is 6.78. The van der Waals surface area contributed by atoms with Crippen molar-refractivity contribution in [1.82, 2.24) is 29.4 Å². The minimum atomic E-state index is -4.81. The highest BCUT2D eigenvalue weighted by molar-refractivity contribution is 5.98. The molecule has 2 aromatic carbocycles. The van der Waals surface area contributed by atoms with E-state index in [9.17, 15) is 23.1 Å². The van der Waals surface area contributed by atoms with Crippen molar-refractivity contribution in [3.8, 4) is 22.8 Å². The molecule has 51 heavy (non-hydrogen) atoms. The number of fused-ring (bicyclic) bond motifs is 3. The van der Waals surface area contributed by atoms with Gasteiger partial charge in [-0.15, -0.1) is 0 Å². The highest BCUT2D eigenvalue weighted by atomic mass is 19.4. The van der Waals surface area contributed by atoms with Gasteiger partial charge in [-0.05, 0) is 72.0 Å². The molecule has 0 amide bonds. The third-order valence-corrected chi connectivity index (χ3v) is 9.09. The molecule has 11 nitrogen and oxygen atoms in total. The molecule has 0 fully saturated rings. The Hall–Kier alpha value is -5.60. The average molecular weight is 698 g/mol. The van der Waals surface area contributed by atoms with E-state index < -0.39 is 29.7 Å². The lowest BCUT2D eigenvalue weighted by Gasteiger charge is -2.22. The predicted octanol–water partition coefficient (Wildman–Crippen LogP) is 6.25. The van der Waals surface area contributed by atoms with E-state index in [1.54, 1.807) is 19.4 Å². The van der Waals surface area contributed by atoms with Crippen LogP contribution in [0.2, 0.25) is 0 Å². The lowest BCUT2D eigenvalue weighted by molar-refractivity contribution is -0.142. The van der Waals surface area contributed by atoms with Crippen molar-refractivity contribution in [3.63, 3.8) is 0 Å². The first-order chi connectivity index (χ1) is 24.6. The number of likely N-dealkylation sites (N-methyl/N-ethyl adjacent to an activating group) is 1. The quantitative estimate of drug-likeness (QED) is 0.159. The van der Waals surface area contributed by atoms with Crippen LogP contribution in [0, 0.1) is 0 Å². The Bertz CT molecular complexity index is 2270. The topological polar surface area (TPSA) is 128 Å². The summed E-state index contributed by atoms with van der Waals surface area (Å²) in [6.45, 7) is -0.371. The predicted molar refractivity (Wildman–Crippen MR) is 184 cm³/mol. The minimum absolute atomic E-state index is 0.0553. The van der Waals surface area contributed by atoms with Gasteiger partial charge in [-0.2, -0.15) is 18.2 Å². The molecule has 6 aromatic rings. The molecule has 2 N–H and O–H groups in total. The highest BCUT2D eigenvalue weighted by Crippen LogP contribution is 2.43. The summed E-state index contributed by atoms with van der Waals surface area (Å²) in [7, 11) is 4.11. The molecule has 1 atom stereocenters. The van der Waals surface area contributed by atoms with Gasteiger partial charge in [-0.1, -0.05) is 30.3 Å². The molecule has 4 aromatic heterocycles. The number of nitrogens with zero attached hydrogens (tertiary/aromatic N) is 6. The molecule has 7 rings (SSSR count). The van der Waals surface area contributed by atoms with Crippen molar-refractivity contribution in [2.75, 3.05) is 33.1 Å². The molecule has 0 spiro atoms. The molecule has 0 saturated carbocycles. The van der Waals surface area contributed by atoms with Crippen molar-refractivity contribution in [3.05, 3.63) is 101 Å². The van der Waals surface area contributed by atoms with Crippen molar-refractivity contribution < 1.29 is 32.5 Å². The maximum absolute atomic E-state index is 14.4. The highest BCUT2D eigenvalue weighted by Gasteiger charge is 2.39. The third kappa shape index (κ3) is 6.43. The number of ether oxygens (including phenoxy) is 2. The standard InChI is InChI=1S/C37H34F3N7O4/c1-46(19-31(49)50-2)18-29-36(51-3)45-34(33(43-29)37(38,39)40)44-28-11-10-25-23(6-4-8-26(25)28)24-7-5-9-30-27(24)13-15-47(30)35-32-22(12-14-41-35)16-21(20-48)17-42-32/h4-9,12-17,28,48H,10-11,18-20H2,1-3H3,(H,44,45). The van der Waals surface area contributed by atoms with Gasteiger partial charge in [0.15, 0.2) is 17.3 Å². The van der Waals surface area contributed by atoms with E-state index in [1.165, 1.54) is 19.1 Å². The lowest BCUT2D eigenvalue weighted by atomic mass is 9.94. The number of nitrogens with one attached hydrogen (secondary N) is 1. The van der Waals surface area contributed by atoms with Gasteiger partial charge in [0.1, 0.15) is 11.2 Å². The zero-order valence-electron chi connectivity index (χ0n) is 28.0. The molecular formula is C37H34F3N7O4. The van der Waals surface area contributed by atoms with E-state index in [2.05, 4.69) is 30.0 Å². The van der Waals surface area contributed by atoms with Crippen LogP contribution >= 0.6 is 0 Å². The summed E-state index contributed by atoms with van der Waals surface area (Å²) in [6.07, 6.45) is 1.67. The first-order valence-electron chi connectivity index (χ1n) is 16.2. The molecule has 14 heteroatoms. The maximum Gasteiger partial charge on any atom is 0.437 e. The van der Waals surface area contributed by atoms with Gasteiger partial charge in [-0.25, -0.2) is 9.97 Å². The van der Waals surface area contributed by atoms with Gasteiger partial charge in [0.2, 0.25) is 5.88 Å². The van der Waals surface area contributed by atoms with Gasteiger partial charge in [0, 0.05) is 35.9 Å². The van der Waals surface area contributed by atoms with Crippen molar-refractivity contribution in [2.24, 2.45) is 0 Å². The Labute approximate surface area is 290 Å². The Balaban J connectivity index is 1.23. The molecule has 4 heterocycles. The summed E-state index contributed by atoms with van der Waals surface area (Å²) < 4.78 is 55.3. The maximum atomic E-state index is 14.4. The van der Waals surface area contributed by atoms with Gasteiger partial charge >= 0.3 is 12.1 Å². The molecule has 0 aliphatic heterocycles. The summed E-state index contributed by atoms with van der Waals surface area (Å²) in [5.74, 6) is -0.382. The lowest BCUT2D eigenvalue weighted by Crippen LogP contribution is -2.28. The van der Waals surface area contributed by atoms with Crippen molar-refractivity contribution >= 4 is 33.6 Å². The molecule has 0 saturated heterocycles. The van der Waals surface area contributed by atoms with E-state index in [4.69, 9.17) is 4.74 Å². The van der Waals surface area contributed by atoms with Crippen LogP contribution in [0.25, 0.3) is 38.8 Å². The zero-order valence-corrected chi connectivity index (χ0v) is 28.0. The molecule has 0 radical (unpaired) electrons. The Kier molecular flexibility index (Phi) is 9.04. The van der Waals surface area contributed by atoms with Crippen LogP contribution < -0.4 is 10.1 Å². The van der Waals surface area contributed by atoms with Crippen LogP contribution in [-0.2, 0) is 35.3 Å². The molecule has 1 aliphatic rings. The normalized spacial score (nSPS) is 14.3. The second kappa shape index (κ2) is 13.6. The van der Waals surface area contributed by atoms with Crippen LogP contribution in [0.1, 0.15) is 40.5 Å². The van der Waals surface area contributed by atoms with E-state index in [1.807, 2.05) is 65.4 Å². The van der Waals surface area contributed by atoms with E-state index in [0.717, 1.165) is 38.5 Å². The average Bonchev–Trinajstić information content (AvgIpc) is 3.75. The number of carbonyl (C=O) groups is 1. The summed E-state index contributed by atoms with van der Waals surface area (Å²) in [4.78, 5) is 30.6. The van der Waals surface area contributed by atoms with Crippen LogP contribution in [0.5, 0.6) is 5.88 Å². The second-order valence-electron chi connectivity index (χ2n) is 12.4. The fraction of sp³-hybridized carbons (Fsp3) is 0.270. The molecule has 262 valence electrons. The minimum Gasteiger partial charge on any atom is -0.480 e. The third-order valence-electron chi connectivity index (χ3n) is 9.09. The number of aromatic nitrogens is 5. The number of aliphatic hydroxyl groups is 1. The monoisotopic (exact) mass is 697 g/mol. The summed E-state index contributed by atoms with van der Waals surface area (Å²) in [6, 6.07) is 17.2. The zero-order chi connectivity index (χ0) is 35.9. The van der Waals surface area contributed by atoms with Gasteiger partial charge in [0.05, 0.1) is 38.9 Å². The van der Waals surface area contributed by atoms with Gasteiger partial charge in [0.25, 0.3) is 0 Å². The van der Waals surface area contributed by atoms with E-state index >= 15 is 0 Å². The second-order valence-corrected chi connectivity index (χ2v) is 12.4. The number of methoxy groups -OCH3 is 2. The van der Waals surface area contributed by atoms with Crippen LogP contribution in [-0.4, -0.2) is 68.3 Å². The Morgan fingerprint density at radius 2 is 1.88 bits per heavy atom. The Morgan fingerprint density at radius 3 is 2.65 bits per heavy atom.